The van der Waals surface area contributed by atoms with Crippen LogP contribution >= 0.6 is 0 Å². The van der Waals surface area contributed by atoms with Crippen LogP contribution in [0.15, 0.2) is 160 Å². The number of benzene rings is 7. The molecule has 0 aliphatic heterocycles. The van der Waals surface area contributed by atoms with Crippen LogP contribution in [0.4, 0.5) is 0 Å². The highest BCUT2D eigenvalue weighted by molar-refractivity contribution is 6.19. The van der Waals surface area contributed by atoms with E-state index in [1.165, 1.54) is 38.5 Å². The van der Waals surface area contributed by atoms with Crippen LogP contribution in [0.3, 0.4) is 0 Å². The molecular formula is C42H25NO2. The summed E-state index contributed by atoms with van der Waals surface area (Å²) in [5.74, 6) is 0. The van der Waals surface area contributed by atoms with Crippen molar-refractivity contribution in [2.45, 2.75) is 0 Å². The second-order valence-electron chi connectivity index (χ2n) is 11.7. The molecule has 0 aliphatic rings. The van der Waals surface area contributed by atoms with E-state index in [0.29, 0.717) is 0 Å². The van der Waals surface area contributed by atoms with E-state index in [-0.39, 0.29) is 0 Å². The predicted molar refractivity (Wildman–Crippen MR) is 186 cm³/mol. The minimum atomic E-state index is 0.784. The van der Waals surface area contributed by atoms with E-state index >= 15 is 0 Å². The van der Waals surface area contributed by atoms with Gasteiger partial charge in [-0.15, -0.1) is 0 Å². The number of aromatic nitrogens is 1. The summed E-state index contributed by atoms with van der Waals surface area (Å²) in [6, 6.07) is 53.7. The molecule has 3 aromatic heterocycles. The van der Waals surface area contributed by atoms with Crippen molar-refractivity contribution in [2.75, 3.05) is 0 Å². The van der Waals surface area contributed by atoms with Crippen LogP contribution in [0.1, 0.15) is 0 Å². The van der Waals surface area contributed by atoms with Gasteiger partial charge in [0.15, 0.2) is 11.2 Å². The SMILES string of the molecule is c1ccc(-c2ccc(-c3ccc4oc5c(ccc6c7cc(-n8c9ccccc9c9ccccc98)ccc7oc65)c4c3)cc2)cc1. The number of rotatable bonds is 3. The van der Waals surface area contributed by atoms with E-state index in [0.717, 1.165) is 55.1 Å². The zero-order chi connectivity index (χ0) is 29.5. The fourth-order valence-electron chi connectivity index (χ4n) is 7.06. The largest absolute Gasteiger partial charge is 0.452 e. The van der Waals surface area contributed by atoms with Crippen molar-refractivity contribution < 1.29 is 8.83 Å². The average molecular weight is 576 g/mol. The maximum Gasteiger partial charge on any atom is 0.178 e. The smallest absolute Gasteiger partial charge is 0.178 e. The number of nitrogens with zero attached hydrogens (tertiary/aromatic N) is 1. The molecule has 0 fully saturated rings. The summed E-state index contributed by atoms with van der Waals surface area (Å²) in [6.45, 7) is 0. The van der Waals surface area contributed by atoms with E-state index in [2.05, 4.69) is 150 Å². The van der Waals surface area contributed by atoms with Gasteiger partial charge in [0, 0.05) is 38.0 Å². The first kappa shape index (κ1) is 24.4. The molecule has 3 heterocycles. The topological polar surface area (TPSA) is 31.2 Å². The van der Waals surface area contributed by atoms with Gasteiger partial charge in [-0.2, -0.15) is 0 Å². The molecule has 0 amide bonds. The zero-order valence-electron chi connectivity index (χ0n) is 24.2. The predicted octanol–water partition coefficient (Wildman–Crippen LogP) is 11.9. The maximum absolute atomic E-state index is 6.51. The van der Waals surface area contributed by atoms with Gasteiger partial charge in [-0.3, -0.25) is 0 Å². The van der Waals surface area contributed by atoms with E-state index in [1.807, 2.05) is 6.07 Å². The summed E-state index contributed by atoms with van der Waals surface area (Å²) in [5, 5.41) is 6.77. The summed E-state index contributed by atoms with van der Waals surface area (Å²) >= 11 is 0. The molecule has 0 spiro atoms. The molecule has 0 saturated carbocycles. The number of fused-ring (bicyclic) bond motifs is 10. The molecule has 7 aromatic carbocycles. The number of hydrogen-bond acceptors (Lipinski definition) is 2. The van der Waals surface area contributed by atoms with Crippen molar-refractivity contribution in [3.8, 4) is 27.9 Å². The summed E-state index contributed by atoms with van der Waals surface area (Å²) in [5.41, 5.74) is 11.5. The highest BCUT2D eigenvalue weighted by Gasteiger charge is 2.18. The molecule has 3 heteroatoms. The lowest BCUT2D eigenvalue weighted by atomic mass is 9.99. The Hall–Kier alpha value is -6.06. The van der Waals surface area contributed by atoms with Crippen molar-refractivity contribution in [2.24, 2.45) is 0 Å². The fraction of sp³-hybridized carbons (Fsp3) is 0. The Kier molecular flexibility index (Phi) is 5.00. The van der Waals surface area contributed by atoms with Gasteiger partial charge < -0.3 is 13.4 Å². The van der Waals surface area contributed by atoms with Gasteiger partial charge in [0.05, 0.1) is 11.0 Å². The van der Waals surface area contributed by atoms with Gasteiger partial charge in [-0.25, -0.2) is 0 Å². The number of para-hydroxylation sites is 2. The van der Waals surface area contributed by atoms with Crippen molar-refractivity contribution in [3.05, 3.63) is 152 Å². The molecule has 210 valence electrons. The van der Waals surface area contributed by atoms with Gasteiger partial charge in [-0.05, 0) is 76.9 Å². The molecule has 45 heavy (non-hydrogen) atoms. The monoisotopic (exact) mass is 575 g/mol. The minimum absolute atomic E-state index is 0.784. The second kappa shape index (κ2) is 9.22. The summed E-state index contributed by atoms with van der Waals surface area (Å²) in [7, 11) is 0. The minimum Gasteiger partial charge on any atom is -0.452 e. The maximum atomic E-state index is 6.51. The fourth-order valence-corrected chi connectivity index (χ4v) is 7.06. The molecule has 0 saturated heterocycles. The van der Waals surface area contributed by atoms with Crippen molar-refractivity contribution in [1.82, 2.24) is 4.57 Å². The Morgan fingerprint density at radius 1 is 0.333 bits per heavy atom. The van der Waals surface area contributed by atoms with Crippen molar-refractivity contribution in [1.29, 1.82) is 0 Å². The molecule has 3 nitrogen and oxygen atoms in total. The van der Waals surface area contributed by atoms with E-state index in [1.54, 1.807) is 0 Å². The quantitative estimate of drug-likeness (QED) is 0.210. The van der Waals surface area contributed by atoms with E-state index < -0.39 is 0 Å². The molecule has 0 radical (unpaired) electrons. The standard InChI is InChI=1S/C42H25NO2/c1-2-8-26(9-3-1)27-14-16-28(17-15-27)29-18-22-39-35(24-29)33-20-21-34-36-25-30(19-23-40(36)45-42(34)41(33)44-39)43-37-12-6-4-10-31(37)32-11-5-7-13-38(32)43/h1-25H. The Labute approximate surface area is 258 Å². The first-order chi connectivity index (χ1) is 22.3. The lowest BCUT2D eigenvalue weighted by molar-refractivity contribution is 0.633. The molecule has 10 aromatic rings. The zero-order valence-corrected chi connectivity index (χ0v) is 24.2. The van der Waals surface area contributed by atoms with Crippen LogP contribution in [-0.4, -0.2) is 4.57 Å². The Balaban J connectivity index is 1.11. The van der Waals surface area contributed by atoms with Crippen LogP contribution in [0, 0.1) is 0 Å². The third kappa shape index (κ3) is 3.58. The molecule has 0 bridgehead atoms. The molecular weight excluding hydrogens is 550 g/mol. The lowest BCUT2D eigenvalue weighted by Crippen LogP contribution is -1.93. The third-order valence-corrected chi connectivity index (χ3v) is 9.22. The van der Waals surface area contributed by atoms with E-state index in [9.17, 15) is 0 Å². The summed E-state index contributed by atoms with van der Waals surface area (Å²) < 4.78 is 15.3. The van der Waals surface area contributed by atoms with Crippen LogP contribution in [0.25, 0.3) is 93.6 Å². The van der Waals surface area contributed by atoms with E-state index in [4.69, 9.17) is 8.83 Å². The van der Waals surface area contributed by atoms with Gasteiger partial charge in [-0.1, -0.05) is 97.1 Å². The van der Waals surface area contributed by atoms with Crippen LogP contribution in [-0.2, 0) is 0 Å². The second-order valence-corrected chi connectivity index (χ2v) is 11.7. The van der Waals surface area contributed by atoms with Gasteiger partial charge >= 0.3 is 0 Å². The Morgan fingerprint density at radius 3 is 1.47 bits per heavy atom. The highest BCUT2D eigenvalue weighted by atomic mass is 16.4. The Morgan fingerprint density at radius 2 is 0.822 bits per heavy atom. The van der Waals surface area contributed by atoms with Gasteiger partial charge in [0.2, 0.25) is 0 Å². The van der Waals surface area contributed by atoms with Crippen molar-refractivity contribution in [3.63, 3.8) is 0 Å². The first-order valence-corrected chi connectivity index (χ1v) is 15.3. The van der Waals surface area contributed by atoms with Crippen LogP contribution in [0.5, 0.6) is 0 Å². The van der Waals surface area contributed by atoms with Crippen molar-refractivity contribution >= 4 is 65.7 Å². The first-order valence-electron chi connectivity index (χ1n) is 15.3. The normalized spacial score (nSPS) is 12.0. The molecule has 0 N–H and O–H groups in total. The molecule has 0 atom stereocenters. The average Bonchev–Trinajstić information content (AvgIpc) is 3.78. The summed E-state index contributed by atoms with van der Waals surface area (Å²) in [6.07, 6.45) is 0. The Bertz CT molecular complexity index is 2690. The van der Waals surface area contributed by atoms with Crippen LogP contribution in [0.2, 0.25) is 0 Å². The molecule has 0 unspecified atom stereocenters. The van der Waals surface area contributed by atoms with Crippen LogP contribution < -0.4 is 0 Å². The summed E-state index contributed by atoms with van der Waals surface area (Å²) in [4.78, 5) is 0. The third-order valence-electron chi connectivity index (χ3n) is 9.22. The number of furan rings is 2. The van der Waals surface area contributed by atoms with Gasteiger partial charge in [0.1, 0.15) is 11.2 Å². The lowest BCUT2D eigenvalue weighted by Gasteiger charge is -2.07. The van der Waals surface area contributed by atoms with Gasteiger partial charge in [0.25, 0.3) is 0 Å². The number of hydrogen-bond donors (Lipinski definition) is 0. The molecule has 10 rings (SSSR count). The highest BCUT2D eigenvalue weighted by Crippen LogP contribution is 2.41. The molecule has 0 aliphatic carbocycles.